The summed E-state index contributed by atoms with van der Waals surface area (Å²) in [4.78, 5) is 14.7. The van der Waals surface area contributed by atoms with Crippen LogP contribution in [0.1, 0.15) is 44.9 Å². The summed E-state index contributed by atoms with van der Waals surface area (Å²) in [5, 5.41) is 9.18. The third-order valence-corrected chi connectivity index (χ3v) is 5.59. The van der Waals surface area contributed by atoms with Crippen LogP contribution in [0.5, 0.6) is 0 Å². The number of nitrogens with two attached hydrogens (primary N) is 1. The van der Waals surface area contributed by atoms with E-state index in [2.05, 4.69) is 0 Å². The zero-order valence-corrected chi connectivity index (χ0v) is 11.0. The van der Waals surface area contributed by atoms with E-state index in [1.165, 1.54) is 0 Å². The summed E-state index contributed by atoms with van der Waals surface area (Å²) in [5.74, 6) is 0.645. The van der Waals surface area contributed by atoms with Crippen LogP contribution >= 0.6 is 0 Å². The lowest BCUT2D eigenvalue weighted by molar-refractivity contribution is -0.148. The van der Waals surface area contributed by atoms with Crippen LogP contribution in [0.15, 0.2) is 0 Å². The lowest BCUT2D eigenvalue weighted by Gasteiger charge is -2.51. The van der Waals surface area contributed by atoms with Crippen molar-refractivity contribution in [3.63, 3.8) is 0 Å². The lowest BCUT2D eigenvalue weighted by atomic mass is 9.57. The largest absolute Gasteiger partial charge is 0.396 e. The summed E-state index contributed by atoms with van der Waals surface area (Å²) >= 11 is 0. The van der Waals surface area contributed by atoms with Crippen LogP contribution in [0.4, 0.5) is 0 Å². The molecule has 0 aromatic carbocycles. The van der Waals surface area contributed by atoms with Gasteiger partial charge >= 0.3 is 0 Å². The predicted octanol–water partition coefficient (Wildman–Crippen LogP) is 0.879. The van der Waals surface area contributed by atoms with Crippen LogP contribution in [-0.4, -0.2) is 41.1 Å². The predicted molar refractivity (Wildman–Crippen MR) is 68.8 cm³/mol. The molecule has 18 heavy (non-hydrogen) atoms. The second-order valence-corrected chi connectivity index (χ2v) is 6.73. The van der Waals surface area contributed by atoms with E-state index < -0.39 is 0 Å². The van der Waals surface area contributed by atoms with Crippen LogP contribution in [0, 0.1) is 11.3 Å². The minimum atomic E-state index is -0.106. The standard InChI is InChI=1S/C14H24N2O2/c15-14-5-2-13(3-6-14,4-7-14)12(18)16-8-1-11(9-16)10-17/h11,17H,1-10,15H2. The van der Waals surface area contributed by atoms with Gasteiger partial charge in [0.15, 0.2) is 0 Å². The van der Waals surface area contributed by atoms with E-state index in [4.69, 9.17) is 5.73 Å². The fraction of sp³-hybridized carbons (Fsp3) is 0.929. The number of carbonyl (C=O) groups is 1. The van der Waals surface area contributed by atoms with Crippen molar-refractivity contribution in [2.24, 2.45) is 17.1 Å². The first kappa shape index (κ1) is 12.4. The van der Waals surface area contributed by atoms with Gasteiger partial charge in [-0.25, -0.2) is 0 Å². The van der Waals surface area contributed by atoms with Crippen molar-refractivity contribution in [2.75, 3.05) is 19.7 Å². The summed E-state index contributed by atoms with van der Waals surface area (Å²) in [6.07, 6.45) is 6.91. The highest BCUT2D eigenvalue weighted by molar-refractivity contribution is 5.83. The van der Waals surface area contributed by atoms with E-state index in [-0.39, 0.29) is 17.6 Å². The molecule has 0 aromatic heterocycles. The number of amides is 1. The molecule has 1 aliphatic heterocycles. The van der Waals surface area contributed by atoms with Gasteiger partial charge < -0.3 is 15.7 Å². The van der Waals surface area contributed by atoms with Crippen molar-refractivity contribution in [2.45, 2.75) is 50.5 Å². The van der Waals surface area contributed by atoms with Crippen molar-refractivity contribution in [1.82, 2.24) is 4.90 Å². The molecule has 1 saturated heterocycles. The number of likely N-dealkylation sites (tertiary alicyclic amines) is 1. The lowest BCUT2D eigenvalue weighted by Crippen LogP contribution is -2.57. The Morgan fingerprint density at radius 1 is 1.22 bits per heavy atom. The maximum atomic E-state index is 12.7. The summed E-state index contributed by atoms with van der Waals surface area (Å²) in [6, 6.07) is 0. The molecule has 4 heteroatoms. The Morgan fingerprint density at radius 2 is 1.83 bits per heavy atom. The Bertz CT molecular complexity index is 331. The average Bonchev–Trinajstić information content (AvgIpc) is 2.88. The molecule has 1 amide bonds. The summed E-state index contributed by atoms with van der Waals surface area (Å²) < 4.78 is 0. The van der Waals surface area contributed by atoms with Crippen LogP contribution < -0.4 is 5.73 Å². The molecule has 3 aliphatic carbocycles. The van der Waals surface area contributed by atoms with E-state index in [1.54, 1.807) is 0 Å². The van der Waals surface area contributed by atoms with Crippen LogP contribution in [-0.2, 0) is 4.79 Å². The van der Waals surface area contributed by atoms with Gasteiger partial charge in [0.05, 0.1) is 0 Å². The van der Waals surface area contributed by atoms with Crippen molar-refractivity contribution in [3.05, 3.63) is 0 Å². The molecule has 3 saturated carbocycles. The number of rotatable bonds is 2. The van der Waals surface area contributed by atoms with Gasteiger partial charge in [-0.1, -0.05) is 0 Å². The Labute approximate surface area is 109 Å². The van der Waals surface area contributed by atoms with E-state index in [0.717, 1.165) is 58.0 Å². The Kier molecular flexibility index (Phi) is 2.90. The topological polar surface area (TPSA) is 66.6 Å². The average molecular weight is 252 g/mol. The Balaban J connectivity index is 1.70. The molecule has 4 aliphatic rings. The van der Waals surface area contributed by atoms with Crippen molar-refractivity contribution < 1.29 is 9.90 Å². The fourth-order valence-corrected chi connectivity index (χ4v) is 4.04. The van der Waals surface area contributed by atoms with Crippen LogP contribution in [0.2, 0.25) is 0 Å². The minimum Gasteiger partial charge on any atom is -0.396 e. The molecular formula is C14H24N2O2. The number of aliphatic hydroxyl groups excluding tert-OH is 1. The zero-order chi connectivity index (χ0) is 12.8. The normalized spacial score (nSPS) is 43.4. The highest BCUT2D eigenvalue weighted by Gasteiger charge is 2.52. The monoisotopic (exact) mass is 252 g/mol. The summed E-state index contributed by atoms with van der Waals surface area (Å²) in [5.41, 5.74) is 6.22. The third-order valence-electron chi connectivity index (χ3n) is 5.59. The van der Waals surface area contributed by atoms with E-state index in [0.29, 0.717) is 11.8 Å². The van der Waals surface area contributed by atoms with E-state index >= 15 is 0 Å². The van der Waals surface area contributed by atoms with Crippen LogP contribution in [0.25, 0.3) is 0 Å². The third kappa shape index (κ3) is 1.86. The van der Waals surface area contributed by atoms with Gasteiger partial charge in [-0.05, 0) is 44.9 Å². The summed E-state index contributed by atoms with van der Waals surface area (Å²) in [7, 11) is 0. The summed E-state index contributed by atoms with van der Waals surface area (Å²) in [6.45, 7) is 1.80. The first-order chi connectivity index (χ1) is 8.57. The number of hydrogen-bond acceptors (Lipinski definition) is 3. The molecule has 0 spiro atoms. The molecule has 1 heterocycles. The van der Waals surface area contributed by atoms with Gasteiger partial charge in [0.25, 0.3) is 0 Å². The van der Waals surface area contributed by atoms with Gasteiger partial charge in [0, 0.05) is 36.6 Å². The van der Waals surface area contributed by atoms with Gasteiger partial charge in [-0.15, -0.1) is 0 Å². The second-order valence-electron chi connectivity index (χ2n) is 6.73. The minimum absolute atomic E-state index is 0.0284. The molecule has 4 fully saturated rings. The molecule has 2 bridgehead atoms. The Hall–Kier alpha value is -0.610. The van der Waals surface area contributed by atoms with Gasteiger partial charge in [0.1, 0.15) is 0 Å². The van der Waals surface area contributed by atoms with Crippen molar-refractivity contribution in [1.29, 1.82) is 0 Å². The molecule has 1 atom stereocenters. The molecule has 4 rings (SSSR count). The van der Waals surface area contributed by atoms with E-state index in [1.807, 2.05) is 4.90 Å². The number of fused-ring (bicyclic) bond motifs is 3. The van der Waals surface area contributed by atoms with Crippen LogP contribution in [0.3, 0.4) is 0 Å². The first-order valence-electron chi connectivity index (χ1n) is 7.26. The van der Waals surface area contributed by atoms with Gasteiger partial charge in [0.2, 0.25) is 5.91 Å². The van der Waals surface area contributed by atoms with Crippen molar-refractivity contribution in [3.8, 4) is 0 Å². The highest BCUT2D eigenvalue weighted by atomic mass is 16.3. The first-order valence-corrected chi connectivity index (χ1v) is 7.26. The SMILES string of the molecule is NC12CCC(C(=O)N3CCC(CO)C3)(CC1)CC2. The van der Waals surface area contributed by atoms with Gasteiger partial charge in [-0.2, -0.15) is 0 Å². The molecule has 3 N–H and O–H groups in total. The number of nitrogens with zero attached hydrogens (tertiary/aromatic N) is 1. The molecule has 0 radical (unpaired) electrons. The molecule has 1 unspecified atom stereocenters. The smallest absolute Gasteiger partial charge is 0.228 e. The fourth-order valence-electron chi connectivity index (χ4n) is 4.04. The number of hydrogen-bond donors (Lipinski definition) is 2. The van der Waals surface area contributed by atoms with E-state index in [9.17, 15) is 9.90 Å². The zero-order valence-electron chi connectivity index (χ0n) is 11.0. The molecule has 4 nitrogen and oxygen atoms in total. The molecule has 102 valence electrons. The number of carbonyl (C=O) groups excluding carboxylic acids is 1. The number of aliphatic hydroxyl groups is 1. The molecular weight excluding hydrogens is 228 g/mol. The van der Waals surface area contributed by atoms with Gasteiger partial charge in [-0.3, -0.25) is 4.79 Å². The quantitative estimate of drug-likeness (QED) is 0.766. The Morgan fingerprint density at radius 3 is 2.33 bits per heavy atom. The van der Waals surface area contributed by atoms with Crippen molar-refractivity contribution >= 4 is 5.91 Å². The molecule has 0 aromatic rings. The maximum Gasteiger partial charge on any atom is 0.228 e. The second kappa shape index (κ2) is 4.20. The highest BCUT2D eigenvalue weighted by Crippen LogP contribution is 2.52. The maximum absolute atomic E-state index is 12.7.